The smallest absolute Gasteiger partial charge is 0.253 e. The Hall–Kier alpha value is -3.99. The number of aromatic nitrogens is 1. The molecule has 2 saturated heterocycles. The topological polar surface area (TPSA) is 133 Å². The molecule has 0 saturated carbocycles. The number of likely N-dealkylation sites (N-methyl/N-ethyl adjacent to an activating group) is 1. The van der Waals surface area contributed by atoms with Gasteiger partial charge in [0.25, 0.3) is 11.8 Å². The van der Waals surface area contributed by atoms with Crippen LogP contribution in [0.5, 0.6) is 0 Å². The van der Waals surface area contributed by atoms with E-state index in [2.05, 4.69) is 33.3 Å². The number of rotatable bonds is 29. The summed E-state index contributed by atoms with van der Waals surface area (Å²) in [5.74, 6) is 0.496. The number of methoxy groups -OCH3 is 1. The molecule has 2 aliphatic heterocycles. The fraction of sp³-hybridized carbons (Fsp3) is 0.604. The zero-order valence-corrected chi connectivity index (χ0v) is 37.5. The van der Waals surface area contributed by atoms with Crippen LogP contribution in [0, 0.1) is 5.92 Å². The van der Waals surface area contributed by atoms with Crippen LogP contribution in [0.15, 0.2) is 60.8 Å². The number of ether oxygens (including phenoxy) is 7. The first-order valence-electron chi connectivity index (χ1n) is 22.6. The van der Waals surface area contributed by atoms with Gasteiger partial charge in [-0.25, -0.2) is 0 Å². The van der Waals surface area contributed by atoms with Crippen LogP contribution >= 0.6 is 0 Å². The number of nitrogens with one attached hydrogen (secondary N) is 1. The molecule has 342 valence electrons. The molecule has 0 aliphatic carbocycles. The number of hydrogen-bond acceptors (Lipinski definition) is 12. The van der Waals surface area contributed by atoms with Crippen LogP contribution in [0.1, 0.15) is 59.2 Å². The number of pyridine rings is 1. The van der Waals surface area contributed by atoms with Crippen molar-refractivity contribution in [2.24, 2.45) is 5.92 Å². The van der Waals surface area contributed by atoms with Gasteiger partial charge in [-0.15, -0.1) is 0 Å². The second kappa shape index (κ2) is 28.6. The van der Waals surface area contributed by atoms with Gasteiger partial charge >= 0.3 is 0 Å². The Morgan fingerprint density at radius 3 is 1.92 bits per heavy atom. The maximum absolute atomic E-state index is 13.8. The third kappa shape index (κ3) is 16.9. The normalized spacial score (nSPS) is 14.9. The quantitative estimate of drug-likeness (QED) is 0.0861. The molecule has 62 heavy (non-hydrogen) atoms. The summed E-state index contributed by atoms with van der Waals surface area (Å²) in [5, 5.41) is 2.72. The molecular weight excluding hydrogens is 791 g/mol. The molecule has 2 fully saturated rings. The van der Waals surface area contributed by atoms with Crippen molar-refractivity contribution in [2.45, 2.75) is 38.5 Å². The molecule has 0 unspecified atom stereocenters. The first-order chi connectivity index (χ1) is 30.5. The largest absolute Gasteiger partial charge is 0.382 e. The molecule has 14 heteroatoms. The van der Waals surface area contributed by atoms with Gasteiger partial charge < -0.3 is 53.2 Å². The number of nitrogens with zero attached hydrogens (tertiary/aromatic N) is 4. The van der Waals surface area contributed by atoms with E-state index >= 15 is 0 Å². The summed E-state index contributed by atoms with van der Waals surface area (Å²) in [6.07, 6.45) is 8.61. The number of likely N-dealkylation sites (tertiary alicyclic amines) is 1. The average molecular weight is 862 g/mol. The van der Waals surface area contributed by atoms with Crippen molar-refractivity contribution < 1.29 is 42.7 Å². The Kier molecular flexibility index (Phi) is 22.7. The molecular formula is C48H71N5O9. The number of amides is 2. The van der Waals surface area contributed by atoms with Crippen LogP contribution < -0.4 is 10.2 Å². The van der Waals surface area contributed by atoms with Crippen molar-refractivity contribution in [3.63, 3.8) is 0 Å². The molecule has 5 rings (SSSR count). The summed E-state index contributed by atoms with van der Waals surface area (Å²) in [7, 11) is 5.18. The molecule has 0 radical (unpaired) electrons. The Morgan fingerprint density at radius 1 is 0.694 bits per heavy atom. The lowest BCUT2D eigenvalue weighted by Gasteiger charge is -2.33. The van der Waals surface area contributed by atoms with Crippen molar-refractivity contribution in [3.8, 4) is 22.4 Å². The molecule has 0 spiro atoms. The summed E-state index contributed by atoms with van der Waals surface area (Å²) >= 11 is 0. The zero-order chi connectivity index (χ0) is 43.6. The van der Waals surface area contributed by atoms with Crippen molar-refractivity contribution in [2.75, 3.05) is 151 Å². The Labute approximate surface area is 369 Å². The molecule has 3 heterocycles. The average Bonchev–Trinajstić information content (AvgIpc) is 3.32. The van der Waals surface area contributed by atoms with Crippen LogP contribution in [0.2, 0.25) is 0 Å². The highest BCUT2D eigenvalue weighted by molar-refractivity contribution is 5.97. The van der Waals surface area contributed by atoms with E-state index in [1.54, 1.807) is 26.4 Å². The van der Waals surface area contributed by atoms with Crippen molar-refractivity contribution in [1.82, 2.24) is 20.1 Å². The predicted octanol–water partition coefficient (Wildman–Crippen LogP) is 5.69. The first kappa shape index (κ1) is 49.0. The summed E-state index contributed by atoms with van der Waals surface area (Å²) in [6, 6.07) is 17.9. The van der Waals surface area contributed by atoms with E-state index in [1.165, 1.54) is 19.3 Å². The number of piperidine rings is 2. The molecule has 3 aromatic rings. The number of hydrogen-bond donors (Lipinski definition) is 1. The number of benzene rings is 2. The molecule has 2 amide bonds. The maximum atomic E-state index is 13.8. The minimum absolute atomic E-state index is 0.000886. The standard InChI is InChI=1S/C48H71N5O9/c1-49-47(54)41-12-16-50-46(37-41)45-38-43(53-17-5-4-6-18-53)10-11-44(45)40-8-7-9-42(36-40)48(55)51(2)21-22-52-19-13-39(14-20-52)15-23-57-26-27-59-30-31-61-34-35-62-33-32-60-29-28-58-25-24-56-3/h7-12,16,36-39H,4-6,13-15,17-35H2,1-3H3,(H,49,54). The van der Waals surface area contributed by atoms with Crippen molar-refractivity contribution in [1.29, 1.82) is 0 Å². The van der Waals surface area contributed by atoms with E-state index in [1.807, 2.05) is 42.3 Å². The monoisotopic (exact) mass is 862 g/mol. The summed E-state index contributed by atoms with van der Waals surface area (Å²) in [5.41, 5.74) is 5.92. The minimum Gasteiger partial charge on any atom is -0.382 e. The predicted molar refractivity (Wildman–Crippen MR) is 242 cm³/mol. The van der Waals surface area contributed by atoms with E-state index < -0.39 is 0 Å². The first-order valence-corrected chi connectivity index (χ1v) is 22.6. The number of carbonyl (C=O) groups is 2. The molecule has 14 nitrogen and oxygen atoms in total. The highest BCUT2D eigenvalue weighted by atomic mass is 16.6. The van der Waals surface area contributed by atoms with Gasteiger partial charge in [0.05, 0.1) is 85.0 Å². The third-order valence-electron chi connectivity index (χ3n) is 11.4. The maximum Gasteiger partial charge on any atom is 0.253 e. The van der Waals surface area contributed by atoms with Gasteiger partial charge in [-0.3, -0.25) is 14.6 Å². The number of carbonyl (C=O) groups excluding carboxylic acids is 2. The van der Waals surface area contributed by atoms with Crippen LogP contribution in [0.3, 0.4) is 0 Å². The third-order valence-corrected chi connectivity index (χ3v) is 11.4. The van der Waals surface area contributed by atoms with Gasteiger partial charge in [-0.2, -0.15) is 0 Å². The van der Waals surface area contributed by atoms with Gasteiger partial charge in [0, 0.05) is 82.6 Å². The van der Waals surface area contributed by atoms with Crippen LogP contribution in [0.25, 0.3) is 22.4 Å². The second-order valence-electron chi connectivity index (χ2n) is 15.8. The van der Waals surface area contributed by atoms with E-state index in [-0.39, 0.29) is 11.8 Å². The van der Waals surface area contributed by atoms with Crippen LogP contribution in [-0.4, -0.2) is 173 Å². The molecule has 2 aliphatic rings. The van der Waals surface area contributed by atoms with Gasteiger partial charge in [-0.1, -0.05) is 18.2 Å². The van der Waals surface area contributed by atoms with Crippen molar-refractivity contribution in [3.05, 3.63) is 71.9 Å². The summed E-state index contributed by atoms with van der Waals surface area (Å²) < 4.78 is 38.3. The molecule has 0 atom stereocenters. The molecule has 0 bridgehead atoms. The Bertz CT molecular complexity index is 1730. The molecule has 1 N–H and O–H groups in total. The summed E-state index contributed by atoms with van der Waals surface area (Å²) in [6.45, 7) is 12.9. The van der Waals surface area contributed by atoms with Crippen molar-refractivity contribution >= 4 is 17.5 Å². The van der Waals surface area contributed by atoms with Gasteiger partial charge in [0.15, 0.2) is 0 Å². The van der Waals surface area contributed by atoms with E-state index in [0.717, 1.165) is 86.7 Å². The second-order valence-corrected chi connectivity index (χ2v) is 15.8. The molecule has 2 aromatic carbocycles. The van der Waals surface area contributed by atoms with Gasteiger partial charge in [0.1, 0.15) is 0 Å². The highest BCUT2D eigenvalue weighted by Gasteiger charge is 2.22. The number of anilines is 1. The van der Waals surface area contributed by atoms with Crippen LogP contribution in [-0.2, 0) is 33.2 Å². The SMILES string of the molecule is CNC(=O)c1ccnc(-c2cc(N3CCCCC3)ccc2-c2cccc(C(=O)N(C)CCN3CCC(CCOCCOCCOCCOCCOCCOCCOC)CC3)c2)c1. The van der Waals surface area contributed by atoms with Gasteiger partial charge in [-0.05, 0) is 105 Å². The fourth-order valence-electron chi connectivity index (χ4n) is 7.73. The highest BCUT2D eigenvalue weighted by Crippen LogP contribution is 2.36. The van der Waals surface area contributed by atoms with Gasteiger partial charge in [0.2, 0.25) is 0 Å². The lowest BCUT2D eigenvalue weighted by molar-refractivity contribution is -0.0196. The van der Waals surface area contributed by atoms with Crippen LogP contribution in [0.4, 0.5) is 5.69 Å². The molecule has 1 aromatic heterocycles. The lowest BCUT2D eigenvalue weighted by atomic mass is 9.94. The summed E-state index contributed by atoms with van der Waals surface area (Å²) in [4.78, 5) is 37.8. The van der Waals surface area contributed by atoms with E-state index in [9.17, 15) is 9.59 Å². The minimum atomic E-state index is -0.155. The van der Waals surface area contributed by atoms with E-state index in [4.69, 9.17) is 38.1 Å². The fourth-order valence-corrected chi connectivity index (χ4v) is 7.73. The zero-order valence-electron chi connectivity index (χ0n) is 37.5. The van der Waals surface area contributed by atoms with E-state index in [0.29, 0.717) is 103 Å². The Morgan fingerprint density at radius 2 is 1.31 bits per heavy atom. The lowest BCUT2D eigenvalue weighted by Crippen LogP contribution is -2.40. The Balaban J connectivity index is 0.957.